The lowest BCUT2D eigenvalue weighted by Crippen LogP contribution is -2.53. The van der Waals surface area contributed by atoms with E-state index in [-0.39, 0.29) is 29.1 Å². The van der Waals surface area contributed by atoms with Crippen LogP contribution in [0.15, 0.2) is 77.7 Å². The van der Waals surface area contributed by atoms with Gasteiger partial charge >= 0.3 is 0 Å². The van der Waals surface area contributed by atoms with Crippen LogP contribution in [0.1, 0.15) is 44.6 Å². The Kier molecular flexibility index (Phi) is 11.1. The minimum atomic E-state index is -4.26. The van der Waals surface area contributed by atoms with E-state index in [0.717, 1.165) is 42.0 Å². The highest BCUT2D eigenvalue weighted by atomic mass is 32.2. The normalized spacial score (nSPS) is 14.3. The van der Waals surface area contributed by atoms with Crippen LogP contribution in [0.25, 0.3) is 0 Å². The monoisotopic (exact) mass is 623 g/mol. The molecule has 236 valence electrons. The zero-order valence-corrected chi connectivity index (χ0v) is 26.5. The molecule has 0 saturated heterocycles. The second-order valence-corrected chi connectivity index (χ2v) is 12.6. The second-order valence-electron chi connectivity index (χ2n) is 10.8. The molecule has 2 amide bonds. The number of nitrogens with one attached hydrogen (secondary N) is 1. The van der Waals surface area contributed by atoms with Gasteiger partial charge in [0.05, 0.1) is 31.9 Å². The average molecular weight is 624 g/mol. The Balaban J connectivity index is 1.68. The van der Waals surface area contributed by atoms with Crippen LogP contribution in [0.3, 0.4) is 0 Å². The van der Waals surface area contributed by atoms with Crippen LogP contribution in [0.5, 0.6) is 17.2 Å². The maximum atomic E-state index is 14.2. The lowest BCUT2D eigenvalue weighted by Gasteiger charge is -2.33. The summed E-state index contributed by atoms with van der Waals surface area (Å²) in [5, 5.41) is 3.11. The second kappa shape index (κ2) is 15.0. The van der Waals surface area contributed by atoms with Gasteiger partial charge in [0.25, 0.3) is 10.0 Å². The van der Waals surface area contributed by atoms with Gasteiger partial charge < -0.3 is 24.4 Å². The van der Waals surface area contributed by atoms with E-state index in [4.69, 9.17) is 14.2 Å². The van der Waals surface area contributed by atoms with Crippen molar-refractivity contribution in [2.45, 2.75) is 62.6 Å². The molecular formula is C33H41N3O7S. The summed E-state index contributed by atoms with van der Waals surface area (Å²) in [4.78, 5) is 29.0. The van der Waals surface area contributed by atoms with Crippen molar-refractivity contribution in [2.24, 2.45) is 0 Å². The maximum absolute atomic E-state index is 14.2. The number of sulfonamides is 1. The molecule has 44 heavy (non-hydrogen) atoms. The van der Waals surface area contributed by atoms with E-state index in [1.807, 2.05) is 12.1 Å². The molecule has 0 radical (unpaired) electrons. The summed E-state index contributed by atoms with van der Waals surface area (Å²) < 4.78 is 45.2. The number of hydrogen-bond acceptors (Lipinski definition) is 7. The van der Waals surface area contributed by atoms with E-state index in [9.17, 15) is 18.0 Å². The number of hydrogen-bond donors (Lipinski definition) is 1. The molecule has 1 fully saturated rings. The van der Waals surface area contributed by atoms with Gasteiger partial charge in [-0.2, -0.15) is 0 Å². The van der Waals surface area contributed by atoms with E-state index in [1.165, 1.54) is 37.3 Å². The van der Waals surface area contributed by atoms with Crippen LogP contribution in [0, 0.1) is 0 Å². The van der Waals surface area contributed by atoms with E-state index in [1.54, 1.807) is 56.5 Å². The summed E-state index contributed by atoms with van der Waals surface area (Å²) in [6.07, 6.45) is 5.04. The highest BCUT2D eigenvalue weighted by Gasteiger charge is 2.33. The first-order chi connectivity index (χ1) is 21.2. The third-order valence-corrected chi connectivity index (χ3v) is 9.67. The minimum Gasteiger partial charge on any atom is -0.497 e. The van der Waals surface area contributed by atoms with Crippen molar-refractivity contribution in [1.29, 1.82) is 0 Å². The summed E-state index contributed by atoms with van der Waals surface area (Å²) in [6.45, 7) is 1.24. The van der Waals surface area contributed by atoms with E-state index in [0.29, 0.717) is 17.2 Å². The van der Waals surface area contributed by atoms with Gasteiger partial charge in [-0.1, -0.05) is 49.6 Å². The predicted octanol–water partition coefficient (Wildman–Crippen LogP) is 4.77. The number of rotatable bonds is 13. The van der Waals surface area contributed by atoms with Gasteiger partial charge in [-0.3, -0.25) is 13.9 Å². The summed E-state index contributed by atoms with van der Waals surface area (Å²) in [5.41, 5.74) is 1.07. The van der Waals surface area contributed by atoms with Crippen molar-refractivity contribution < 1.29 is 32.2 Å². The highest BCUT2D eigenvalue weighted by molar-refractivity contribution is 7.92. The molecule has 11 heteroatoms. The summed E-state index contributed by atoms with van der Waals surface area (Å²) in [5.74, 6) is 0.470. The molecule has 0 aliphatic heterocycles. The summed E-state index contributed by atoms with van der Waals surface area (Å²) >= 11 is 0. The minimum absolute atomic E-state index is 0.0582. The van der Waals surface area contributed by atoms with Crippen molar-refractivity contribution in [2.75, 3.05) is 32.2 Å². The van der Waals surface area contributed by atoms with Crippen LogP contribution in [-0.4, -0.2) is 65.1 Å². The molecule has 1 N–H and O–H groups in total. The molecule has 4 rings (SSSR count). The third kappa shape index (κ3) is 7.82. The van der Waals surface area contributed by atoms with Crippen molar-refractivity contribution in [1.82, 2.24) is 10.2 Å². The number of amides is 2. The Morgan fingerprint density at radius 1 is 0.864 bits per heavy atom. The van der Waals surface area contributed by atoms with Gasteiger partial charge in [0.15, 0.2) is 11.5 Å². The maximum Gasteiger partial charge on any atom is 0.264 e. The molecule has 1 aliphatic rings. The van der Waals surface area contributed by atoms with Crippen LogP contribution in [0.2, 0.25) is 0 Å². The van der Waals surface area contributed by atoms with Crippen LogP contribution in [0.4, 0.5) is 5.69 Å². The van der Waals surface area contributed by atoms with Crippen LogP contribution in [-0.2, 0) is 26.2 Å². The Labute approximate surface area is 260 Å². The van der Waals surface area contributed by atoms with Crippen LogP contribution >= 0.6 is 0 Å². The van der Waals surface area contributed by atoms with Crippen molar-refractivity contribution >= 4 is 27.5 Å². The van der Waals surface area contributed by atoms with Crippen molar-refractivity contribution in [3.8, 4) is 17.2 Å². The third-order valence-electron chi connectivity index (χ3n) is 7.90. The molecule has 0 heterocycles. The SMILES string of the molecule is COc1ccc(CN(C(=O)CN(c2ccccc2)S(=O)(=O)c2ccc(OC)c(OC)c2)[C@@H](C)C(=O)NC2CCCCC2)cc1. The fraction of sp³-hybridized carbons (Fsp3) is 0.394. The van der Waals surface area contributed by atoms with Gasteiger partial charge in [-0.15, -0.1) is 0 Å². The van der Waals surface area contributed by atoms with Gasteiger partial charge in [-0.05, 0) is 61.7 Å². The zero-order chi connectivity index (χ0) is 31.7. The first-order valence-electron chi connectivity index (χ1n) is 14.7. The molecule has 0 spiro atoms. The molecule has 1 saturated carbocycles. The molecular weight excluding hydrogens is 582 g/mol. The topological polar surface area (TPSA) is 114 Å². The fourth-order valence-corrected chi connectivity index (χ4v) is 6.74. The molecule has 1 aliphatic carbocycles. The van der Waals surface area contributed by atoms with Crippen molar-refractivity contribution in [3.63, 3.8) is 0 Å². The zero-order valence-electron chi connectivity index (χ0n) is 25.7. The molecule has 0 unspecified atom stereocenters. The number of carbonyl (C=O) groups is 2. The molecule has 3 aromatic rings. The van der Waals surface area contributed by atoms with Crippen LogP contribution < -0.4 is 23.8 Å². The quantitative estimate of drug-likeness (QED) is 0.292. The molecule has 0 aromatic heterocycles. The lowest BCUT2D eigenvalue weighted by atomic mass is 9.95. The number of benzene rings is 3. The number of methoxy groups -OCH3 is 3. The molecule has 3 aromatic carbocycles. The lowest BCUT2D eigenvalue weighted by molar-refractivity contribution is -0.139. The van der Waals surface area contributed by atoms with Gasteiger partial charge in [-0.25, -0.2) is 8.42 Å². The standard InChI is InChI=1S/C33H41N3O7S/c1-24(33(38)34-26-11-7-5-8-12-26)35(22-25-15-17-28(41-2)18-16-25)32(37)23-36(27-13-9-6-10-14-27)44(39,40)29-19-20-30(42-3)31(21-29)43-4/h6,9-10,13-21,24,26H,5,7-8,11-12,22-23H2,1-4H3,(H,34,38)/t24-/m0/s1. The van der Waals surface area contributed by atoms with Crippen molar-refractivity contribution in [3.05, 3.63) is 78.4 Å². The average Bonchev–Trinajstić information content (AvgIpc) is 3.06. The number of anilines is 1. The van der Waals surface area contributed by atoms with Gasteiger partial charge in [0.2, 0.25) is 11.8 Å². The molecule has 0 bridgehead atoms. The molecule has 1 atom stereocenters. The molecule has 10 nitrogen and oxygen atoms in total. The number of ether oxygens (including phenoxy) is 3. The predicted molar refractivity (Wildman–Crippen MR) is 169 cm³/mol. The first-order valence-corrected chi connectivity index (χ1v) is 16.1. The van der Waals surface area contributed by atoms with E-state index < -0.39 is 28.5 Å². The van der Waals surface area contributed by atoms with Gasteiger partial charge in [0, 0.05) is 18.7 Å². The Morgan fingerprint density at radius 3 is 2.14 bits per heavy atom. The van der Waals surface area contributed by atoms with Gasteiger partial charge in [0.1, 0.15) is 18.3 Å². The smallest absolute Gasteiger partial charge is 0.264 e. The largest absolute Gasteiger partial charge is 0.497 e. The van der Waals surface area contributed by atoms with E-state index in [2.05, 4.69) is 5.32 Å². The summed E-state index contributed by atoms with van der Waals surface area (Å²) in [7, 11) is 0.194. The highest BCUT2D eigenvalue weighted by Crippen LogP contribution is 2.32. The Morgan fingerprint density at radius 2 is 1.52 bits per heavy atom. The number of para-hydroxylation sites is 1. The fourth-order valence-electron chi connectivity index (χ4n) is 5.31. The number of nitrogens with zero attached hydrogens (tertiary/aromatic N) is 2. The Bertz CT molecular complexity index is 1510. The number of carbonyl (C=O) groups excluding carboxylic acids is 2. The Hall–Kier alpha value is -4.25. The van der Waals surface area contributed by atoms with E-state index >= 15 is 0 Å². The first kappa shape index (κ1) is 32.7. The summed E-state index contributed by atoms with van der Waals surface area (Å²) in [6, 6.07) is 19.1.